The van der Waals surface area contributed by atoms with Crippen LogP contribution in [0.5, 0.6) is 0 Å². The maximum absolute atomic E-state index is 4.53. The molecule has 0 saturated heterocycles. The van der Waals surface area contributed by atoms with Gasteiger partial charge in [-0.2, -0.15) is 35.0 Å². The molecule has 0 N–H and O–H groups in total. The van der Waals surface area contributed by atoms with Gasteiger partial charge in [0.1, 0.15) is 0 Å². The molecule has 0 aromatic heterocycles. The Morgan fingerprint density at radius 3 is 1.21 bits per heavy atom. The number of hydrogen-bond acceptors (Lipinski definition) is 0. The summed E-state index contributed by atoms with van der Waals surface area (Å²) in [6, 6.07) is 50.0. The van der Waals surface area contributed by atoms with Gasteiger partial charge in [-0.15, -0.1) is 101 Å². The Labute approximate surface area is 225 Å². The second-order valence-electron chi connectivity index (χ2n) is 7.28. The van der Waals surface area contributed by atoms with Gasteiger partial charge >= 0.3 is 26.2 Å². The van der Waals surface area contributed by atoms with E-state index in [1.165, 1.54) is 42.5 Å². The Kier molecular flexibility index (Phi) is 12.6. The van der Waals surface area contributed by atoms with Crippen molar-refractivity contribution in [2.24, 2.45) is 0 Å². The second kappa shape index (κ2) is 15.7. The first-order chi connectivity index (χ1) is 16.4. The van der Waals surface area contributed by atoms with Crippen molar-refractivity contribution in [2.45, 2.75) is 0 Å². The van der Waals surface area contributed by atoms with Gasteiger partial charge in [-0.25, -0.2) is 9.85 Å². The Morgan fingerprint density at radius 1 is 0.471 bits per heavy atom. The second-order valence-corrected chi connectivity index (χ2v) is 7.28. The molecular formula is C32H28SiZr. The molecule has 0 saturated carbocycles. The Bertz CT molecular complexity index is 1150. The van der Waals surface area contributed by atoms with Crippen molar-refractivity contribution in [3.63, 3.8) is 0 Å². The van der Waals surface area contributed by atoms with E-state index in [9.17, 15) is 0 Å². The van der Waals surface area contributed by atoms with E-state index in [1.807, 2.05) is 12.1 Å². The smallest absolute Gasteiger partial charge is 0.533 e. The molecule has 0 amide bonds. The third kappa shape index (κ3) is 8.71. The largest absolute Gasteiger partial charge is 4.00 e. The van der Waals surface area contributed by atoms with E-state index < -0.39 is 0 Å². The summed E-state index contributed by atoms with van der Waals surface area (Å²) in [5, 5.41) is 5.32. The molecule has 0 aliphatic rings. The predicted octanol–water partition coefficient (Wildman–Crippen LogP) is 7.33. The molecule has 0 atom stereocenters. The zero-order valence-electron chi connectivity index (χ0n) is 19.2. The van der Waals surface area contributed by atoms with E-state index >= 15 is 0 Å². The first kappa shape index (κ1) is 27.2. The molecule has 0 fully saturated rings. The summed E-state index contributed by atoms with van der Waals surface area (Å²) < 4.78 is 0. The normalized spacial score (nSPS) is 9.18. The van der Waals surface area contributed by atoms with E-state index in [1.54, 1.807) is 0 Å². The van der Waals surface area contributed by atoms with Crippen LogP contribution in [0.15, 0.2) is 146 Å². The van der Waals surface area contributed by atoms with Crippen LogP contribution in [0.25, 0.3) is 21.5 Å². The third-order valence-corrected chi connectivity index (χ3v) is 5.03. The fourth-order valence-electron chi connectivity index (χ4n) is 3.43. The molecule has 6 aromatic carbocycles. The number of fused-ring (bicyclic) bond motifs is 2. The van der Waals surface area contributed by atoms with Crippen molar-refractivity contribution in [1.29, 1.82) is 0 Å². The molecule has 164 valence electrons. The predicted molar refractivity (Wildman–Crippen MR) is 149 cm³/mol. The van der Waals surface area contributed by atoms with Gasteiger partial charge in [0, 0.05) is 0 Å². The fourth-order valence-corrected chi connectivity index (χ4v) is 3.43. The molecule has 34 heavy (non-hydrogen) atoms. The van der Waals surface area contributed by atoms with Crippen molar-refractivity contribution in [2.75, 3.05) is 0 Å². The minimum absolute atomic E-state index is 0. The maximum Gasteiger partial charge on any atom is 4.00 e. The summed E-state index contributed by atoms with van der Waals surface area (Å²) >= 11 is 0. The fraction of sp³-hybridized carbons (Fsp3) is 0. The molecule has 0 aliphatic carbocycles. The van der Waals surface area contributed by atoms with Crippen molar-refractivity contribution in [1.82, 2.24) is 0 Å². The summed E-state index contributed by atoms with van der Waals surface area (Å²) in [5.41, 5.74) is 2.49. The van der Waals surface area contributed by atoms with Crippen LogP contribution in [0.4, 0.5) is 0 Å². The van der Waals surface area contributed by atoms with Gasteiger partial charge in [0.05, 0.1) is 0 Å². The van der Waals surface area contributed by atoms with E-state index in [4.69, 9.17) is 0 Å². The number of hydrogen-bond donors (Lipinski definition) is 0. The molecule has 0 spiro atoms. The minimum Gasteiger partial charge on any atom is -0.533 e. The molecule has 0 aliphatic heterocycles. The molecule has 0 radical (unpaired) electrons. The minimum atomic E-state index is 0. The van der Waals surface area contributed by atoms with Crippen molar-refractivity contribution in [3.8, 4) is 0 Å². The van der Waals surface area contributed by atoms with E-state index in [-0.39, 0.29) is 26.2 Å². The standard InChI is InChI=1S/C13H11.2C9H7.CH3Si.Zr/c1-3-7-12(8-4-1)11-13-9-5-2-6-10-13;2*1-2-5-9-7-3-6-8(9)4-1;1-2;/h1-11H;2*1-7H;1H,2H2;/q4*-1;+4. The molecule has 2 heteroatoms. The average Bonchev–Trinajstić information content (AvgIpc) is 3.57. The van der Waals surface area contributed by atoms with Crippen LogP contribution in [0.3, 0.4) is 0 Å². The molecule has 6 rings (SSSR count). The molecule has 0 heterocycles. The molecule has 6 aromatic rings. The van der Waals surface area contributed by atoms with Gasteiger partial charge in [0.25, 0.3) is 0 Å². The molecule has 0 bridgehead atoms. The van der Waals surface area contributed by atoms with Gasteiger partial charge < -0.3 is 6.17 Å². The van der Waals surface area contributed by atoms with Crippen LogP contribution in [0.2, 0.25) is 0 Å². The van der Waals surface area contributed by atoms with Gasteiger partial charge in [-0.1, -0.05) is 48.5 Å². The van der Waals surface area contributed by atoms with Crippen molar-refractivity contribution < 1.29 is 26.2 Å². The Hall–Kier alpha value is -3.06. The van der Waals surface area contributed by atoms with Gasteiger partial charge in [0.15, 0.2) is 0 Å². The van der Waals surface area contributed by atoms with E-state index in [0.29, 0.717) is 0 Å². The quantitative estimate of drug-likeness (QED) is 0.162. The summed E-state index contributed by atoms with van der Waals surface area (Å²) in [7, 11) is 1.36. The van der Waals surface area contributed by atoms with Crippen LogP contribution in [0.1, 0.15) is 11.1 Å². The molecular weight excluding hydrogens is 504 g/mol. The van der Waals surface area contributed by atoms with E-state index in [2.05, 4.69) is 146 Å². The zero-order chi connectivity index (χ0) is 23.1. The van der Waals surface area contributed by atoms with Gasteiger partial charge in [-0.3, -0.25) is 0 Å². The van der Waals surface area contributed by atoms with Crippen molar-refractivity contribution in [3.05, 3.63) is 163 Å². The zero-order valence-corrected chi connectivity index (χ0v) is 23.1. The Morgan fingerprint density at radius 2 is 0.824 bits per heavy atom. The SMILES string of the molecule is [CH-]=[SiH2].[Zr+4].c1ccc([CH-]c2ccccc2)cc1.c1ccc2[cH-]ccc2c1.c1ccc2[cH-]ccc2c1. The van der Waals surface area contributed by atoms with Gasteiger partial charge in [0.2, 0.25) is 0 Å². The number of benzene rings is 4. The van der Waals surface area contributed by atoms with Crippen LogP contribution in [-0.2, 0) is 26.2 Å². The molecule has 0 nitrogen and oxygen atoms in total. The van der Waals surface area contributed by atoms with Gasteiger partial charge in [-0.05, 0) is 0 Å². The summed E-state index contributed by atoms with van der Waals surface area (Å²) in [4.78, 5) is 0. The van der Waals surface area contributed by atoms with Crippen LogP contribution < -0.4 is 0 Å². The monoisotopic (exact) mass is 530 g/mol. The van der Waals surface area contributed by atoms with Crippen LogP contribution in [-0.4, -0.2) is 16.0 Å². The number of rotatable bonds is 2. The summed E-state index contributed by atoms with van der Waals surface area (Å²) in [5.74, 6) is 0. The van der Waals surface area contributed by atoms with E-state index in [0.717, 1.165) is 0 Å². The first-order valence-corrected chi connectivity index (χ1v) is 11.8. The van der Waals surface area contributed by atoms with Crippen molar-refractivity contribution >= 4 is 37.6 Å². The van der Waals surface area contributed by atoms with Crippen LogP contribution >= 0.6 is 0 Å². The van der Waals surface area contributed by atoms with Crippen LogP contribution in [0, 0.1) is 6.42 Å². The first-order valence-electron chi connectivity index (χ1n) is 10.9. The topological polar surface area (TPSA) is 0 Å². The Balaban J connectivity index is 0.000000175. The summed E-state index contributed by atoms with van der Waals surface area (Å²) in [6.45, 7) is 0. The maximum atomic E-state index is 4.53. The third-order valence-electron chi connectivity index (χ3n) is 5.03. The molecule has 0 unspecified atom stereocenters. The summed E-state index contributed by atoms with van der Waals surface area (Å²) in [6.07, 6.45) is 6.69. The average molecular weight is 532 g/mol.